The maximum Gasteiger partial charge on any atom is 0.434 e. The summed E-state index contributed by atoms with van der Waals surface area (Å²) in [5.74, 6) is 2.25. The quantitative estimate of drug-likeness (QED) is 0.610. The lowest BCUT2D eigenvalue weighted by Gasteiger charge is -2.38. The van der Waals surface area contributed by atoms with E-state index in [0.29, 0.717) is 5.01 Å². The second-order valence-electron chi connectivity index (χ2n) is 7.83. The Morgan fingerprint density at radius 2 is 1.59 bits per heavy atom. The second kappa shape index (κ2) is 7.98. The molecule has 0 saturated heterocycles. The van der Waals surface area contributed by atoms with Gasteiger partial charge in [0.25, 0.3) is 0 Å². The summed E-state index contributed by atoms with van der Waals surface area (Å²) in [5.41, 5.74) is 3.63. The predicted octanol–water partition coefficient (Wildman–Crippen LogP) is 4.56. The minimum absolute atomic E-state index is 0.0324. The Labute approximate surface area is 170 Å². The highest BCUT2D eigenvalue weighted by atomic mass is 16.6. The number of amides is 2. The van der Waals surface area contributed by atoms with E-state index >= 15 is 0 Å². The number of carbonyl (C=O) groups is 2. The van der Waals surface area contributed by atoms with E-state index in [4.69, 9.17) is 11.2 Å². The monoisotopic (exact) mass is 392 g/mol. The van der Waals surface area contributed by atoms with Crippen molar-refractivity contribution < 1.29 is 19.4 Å². The third-order valence-electron chi connectivity index (χ3n) is 4.95. The molecular weight excluding hydrogens is 368 g/mol. The molecular formula is C23H24N2O4. The number of hydrazine groups is 1. The van der Waals surface area contributed by atoms with Gasteiger partial charge in [-0.2, -0.15) is 5.01 Å². The fraction of sp³-hybridized carbons (Fsp3) is 0.304. The molecule has 0 bridgehead atoms. The third-order valence-corrected chi connectivity index (χ3v) is 4.95. The zero-order valence-corrected chi connectivity index (χ0v) is 16.8. The zero-order chi connectivity index (χ0) is 21.2. The molecule has 1 N–H and O–H groups in total. The molecule has 2 aromatic rings. The number of rotatable bonds is 4. The average Bonchev–Trinajstić information content (AvgIpc) is 2.99. The second-order valence-corrected chi connectivity index (χ2v) is 7.83. The number of hydrogen-bond acceptors (Lipinski definition) is 4. The van der Waals surface area contributed by atoms with Crippen molar-refractivity contribution in [3.8, 4) is 23.5 Å². The minimum atomic E-state index is -1.44. The highest BCUT2D eigenvalue weighted by Gasteiger charge is 2.37. The van der Waals surface area contributed by atoms with E-state index in [9.17, 15) is 14.7 Å². The first-order valence-corrected chi connectivity index (χ1v) is 9.34. The Kier molecular flexibility index (Phi) is 5.62. The molecule has 0 fully saturated rings. The van der Waals surface area contributed by atoms with Crippen LogP contribution >= 0.6 is 0 Å². The van der Waals surface area contributed by atoms with Gasteiger partial charge in [-0.3, -0.25) is 0 Å². The average molecular weight is 392 g/mol. The fourth-order valence-corrected chi connectivity index (χ4v) is 3.63. The molecule has 0 atom stereocenters. The van der Waals surface area contributed by atoms with Crippen molar-refractivity contribution in [3.05, 3.63) is 59.7 Å². The molecule has 2 aromatic carbocycles. The van der Waals surface area contributed by atoms with Gasteiger partial charge in [0.2, 0.25) is 0 Å². The van der Waals surface area contributed by atoms with Crippen LogP contribution in [0.3, 0.4) is 0 Å². The Hall–Kier alpha value is -3.30. The third kappa shape index (κ3) is 3.96. The van der Waals surface area contributed by atoms with Gasteiger partial charge in [0.1, 0.15) is 6.61 Å². The van der Waals surface area contributed by atoms with Gasteiger partial charge in [0, 0.05) is 11.5 Å². The van der Waals surface area contributed by atoms with Crippen LogP contribution in [0.2, 0.25) is 0 Å². The summed E-state index contributed by atoms with van der Waals surface area (Å²) in [6.45, 7) is 5.32. The van der Waals surface area contributed by atoms with Crippen LogP contribution in [0.5, 0.6) is 0 Å². The molecule has 0 unspecified atom stereocenters. The summed E-state index contributed by atoms with van der Waals surface area (Å²) in [6.07, 6.45) is 2.97. The normalized spacial score (nSPS) is 12.8. The predicted molar refractivity (Wildman–Crippen MR) is 110 cm³/mol. The first-order valence-electron chi connectivity index (χ1n) is 9.34. The van der Waals surface area contributed by atoms with E-state index in [2.05, 4.69) is 5.92 Å². The number of imide groups is 1. The van der Waals surface area contributed by atoms with Gasteiger partial charge in [0.15, 0.2) is 0 Å². The molecule has 1 aliphatic carbocycles. The summed E-state index contributed by atoms with van der Waals surface area (Å²) in [4.78, 5) is 24.6. The molecule has 150 valence electrons. The Morgan fingerprint density at radius 1 is 1.07 bits per heavy atom. The van der Waals surface area contributed by atoms with Gasteiger partial charge < -0.3 is 9.84 Å². The molecule has 29 heavy (non-hydrogen) atoms. The van der Waals surface area contributed by atoms with E-state index in [-0.39, 0.29) is 19.1 Å². The summed E-state index contributed by atoms with van der Waals surface area (Å²) in [5, 5.41) is 11.5. The van der Waals surface area contributed by atoms with Crippen LogP contribution in [0, 0.1) is 12.3 Å². The molecule has 0 spiro atoms. The maximum atomic E-state index is 12.7. The van der Waals surface area contributed by atoms with Crippen LogP contribution in [-0.4, -0.2) is 46.0 Å². The Morgan fingerprint density at radius 3 is 2.03 bits per heavy atom. The van der Waals surface area contributed by atoms with Gasteiger partial charge in [-0.15, -0.1) is 11.4 Å². The van der Waals surface area contributed by atoms with E-state index in [1.54, 1.807) is 20.8 Å². The van der Waals surface area contributed by atoms with Gasteiger partial charge in [-0.1, -0.05) is 54.5 Å². The number of carboxylic acid groups (broad SMARTS) is 1. The minimum Gasteiger partial charge on any atom is -0.464 e. The molecule has 0 radical (unpaired) electrons. The number of terminal acetylenes is 1. The Bertz CT molecular complexity index is 926. The summed E-state index contributed by atoms with van der Waals surface area (Å²) < 4.78 is 5.48. The molecule has 6 heteroatoms. The van der Waals surface area contributed by atoms with Gasteiger partial charge in [-0.25, -0.2) is 9.59 Å². The first kappa shape index (κ1) is 20.4. The van der Waals surface area contributed by atoms with E-state index < -0.39 is 17.7 Å². The fourth-order valence-electron chi connectivity index (χ4n) is 3.63. The lowest BCUT2D eigenvalue weighted by atomic mass is 9.98. The Balaban J connectivity index is 1.84. The van der Waals surface area contributed by atoms with Crippen molar-refractivity contribution in [2.24, 2.45) is 0 Å². The van der Waals surface area contributed by atoms with Crippen LogP contribution in [0.4, 0.5) is 9.59 Å². The van der Waals surface area contributed by atoms with Crippen molar-refractivity contribution in [2.75, 3.05) is 13.2 Å². The SMILES string of the molecule is C#CCN(N(C(=O)O)C(=O)OCC1c2ccccc2-c2ccccc21)C(C)(C)C. The van der Waals surface area contributed by atoms with Gasteiger partial charge in [-0.05, 0) is 43.0 Å². The van der Waals surface area contributed by atoms with Gasteiger partial charge in [0.05, 0.1) is 6.54 Å². The molecule has 2 amide bonds. The van der Waals surface area contributed by atoms with Gasteiger partial charge >= 0.3 is 12.2 Å². The van der Waals surface area contributed by atoms with Crippen molar-refractivity contribution >= 4 is 12.2 Å². The van der Waals surface area contributed by atoms with Crippen molar-refractivity contribution in [3.63, 3.8) is 0 Å². The number of nitrogens with zero attached hydrogens (tertiary/aromatic N) is 2. The van der Waals surface area contributed by atoms with Crippen LogP contribution in [0.1, 0.15) is 37.8 Å². The van der Waals surface area contributed by atoms with Crippen molar-refractivity contribution in [1.82, 2.24) is 10.0 Å². The van der Waals surface area contributed by atoms with Crippen molar-refractivity contribution in [2.45, 2.75) is 32.2 Å². The van der Waals surface area contributed by atoms with E-state index in [1.807, 2.05) is 48.5 Å². The maximum absolute atomic E-state index is 12.7. The molecule has 6 nitrogen and oxygen atoms in total. The summed E-state index contributed by atoms with van der Waals surface area (Å²) in [7, 11) is 0. The topological polar surface area (TPSA) is 70.1 Å². The van der Waals surface area contributed by atoms with E-state index in [1.165, 1.54) is 5.01 Å². The highest BCUT2D eigenvalue weighted by molar-refractivity contribution is 5.86. The first-order chi connectivity index (χ1) is 13.8. The standard InChI is InChI=1S/C23H24N2O4/c1-5-14-24(23(2,3)4)25(21(26)27)22(28)29-15-20-18-12-8-6-10-16(18)17-11-7-9-13-19(17)20/h1,6-13,20H,14-15H2,2-4H3,(H,26,27). The van der Waals surface area contributed by atoms with E-state index in [0.717, 1.165) is 22.3 Å². The van der Waals surface area contributed by atoms with Crippen LogP contribution in [-0.2, 0) is 4.74 Å². The number of carbonyl (C=O) groups excluding carboxylic acids is 1. The van der Waals surface area contributed by atoms with Crippen molar-refractivity contribution in [1.29, 1.82) is 0 Å². The highest BCUT2D eigenvalue weighted by Crippen LogP contribution is 2.44. The number of fused-ring (bicyclic) bond motifs is 3. The number of ether oxygens (including phenoxy) is 1. The molecule has 0 aliphatic heterocycles. The summed E-state index contributed by atoms with van der Waals surface area (Å²) >= 11 is 0. The van der Waals surface area contributed by atoms with Crippen LogP contribution in [0.15, 0.2) is 48.5 Å². The molecule has 1 aliphatic rings. The number of hydrogen-bond donors (Lipinski definition) is 1. The molecule has 0 aromatic heterocycles. The zero-order valence-electron chi connectivity index (χ0n) is 16.8. The lowest BCUT2D eigenvalue weighted by molar-refractivity contribution is -0.0524. The summed E-state index contributed by atoms with van der Waals surface area (Å²) in [6, 6.07) is 15.9. The largest absolute Gasteiger partial charge is 0.464 e. The molecule has 3 rings (SSSR count). The van der Waals surface area contributed by atoms with Crippen LogP contribution < -0.4 is 0 Å². The smallest absolute Gasteiger partial charge is 0.434 e. The lowest BCUT2D eigenvalue weighted by Crippen LogP contribution is -2.57. The van der Waals surface area contributed by atoms with Crippen LogP contribution in [0.25, 0.3) is 11.1 Å². The molecule has 0 saturated carbocycles. The number of benzene rings is 2. The molecule has 0 heterocycles.